The first-order chi connectivity index (χ1) is 22.5. The maximum absolute atomic E-state index is 14.8. The Morgan fingerprint density at radius 3 is 2.32 bits per heavy atom. The average molecular weight is 654 g/mol. The smallest absolute Gasteiger partial charge is 0.253 e. The van der Waals surface area contributed by atoms with Crippen LogP contribution in [-0.2, 0) is 6.54 Å². The Morgan fingerprint density at radius 2 is 1.57 bits per heavy atom. The van der Waals surface area contributed by atoms with Gasteiger partial charge in [0.1, 0.15) is 5.82 Å². The van der Waals surface area contributed by atoms with Crippen molar-refractivity contribution in [3.05, 3.63) is 106 Å². The van der Waals surface area contributed by atoms with Gasteiger partial charge in [0, 0.05) is 70.9 Å². The normalized spacial score (nSPS) is 16.5. The zero-order valence-corrected chi connectivity index (χ0v) is 26.5. The van der Waals surface area contributed by atoms with E-state index in [0.717, 1.165) is 49.5 Å². The molecule has 2 saturated heterocycles. The number of fused-ring (bicyclic) bond motifs is 3. The molecule has 47 heavy (non-hydrogen) atoms. The lowest BCUT2D eigenvalue weighted by Gasteiger charge is -2.35. The number of halogens is 2. The van der Waals surface area contributed by atoms with Crippen molar-refractivity contribution in [1.82, 2.24) is 24.7 Å². The molecule has 244 valence electrons. The zero-order valence-electron chi connectivity index (χ0n) is 25.8. The molecule has 3 aromatic carbocycles. The molecule has 1 amide bonds. The Morgan fingerprint density at radius 1 is 0.851 bits per heavy atom. The van der Waals surface area contributed by atoms with Crippen LogP contribution in [0.3, 0.4) is 0 Å². The van der Waals surface area contributed by atoms with Crippen molar-refractivity contribution in [1.29, 1.82) is 0 Å². The Labute approximate surface area is 281 Å². The highest BCUT2D eigenvalue weighted by Gasteiger charge is 2.24. The van der Waals surface area contributed by atoms with Crippen LogP contribution >= 0.6 is 11.6 Å². The molecule has 4 aromatic rings. The van der Waals surface area contributed by atoms with Gasteiger partial charge in [-0.1, -0.05) is 37.2 Å². The van der Waals surface area contributed by atoms with Gasteiger partial charge < -0.3 is 15.1 Å². The highest BCUT2D eigenvalue weighted by molar-refractivity contribution is 6.31. The summed E-state index contributed by atoms with van der Waals surface area (Å²) < 4.78 is 14.8. The summed E-state index contributed by atoms with van der Waals surface area (Å²) in [7, 11) is 0. The molecular formula is C37H41ClFN7O. The number of nitrogens with one attached hydrogen (secondary N) is 1. The maximum Gasteiger partial charge on any atom is 0.253 e. The largest absolute Gasteiger partial charge is 0.336 e. The third-order valence-electron chi connectivity index (χ3n) is 9.09. The van der Waals surface area contributed by atoms with Gasteiger partial charge in [-0.05, 0) is 94.0 Å². The minimum absolute atomic E-state index is 0. The quantitative estimate of drug-likeness (QED) is 0.223. The first-order valence-corrected chi connectivity index (χ1v) is 16.5. The Bertz CT molecular complexity index is 1750. The van der Waals surface area contributed by atoms with Crippen molar-refractivity contribution in [3.63, 3.8) is 0 Å². The molecule has 0 aliphatic carbocycles. The van der Waals surface area contributed by atoms with Crippen molar-refractivity contribution in [2.45, 2.75) is 33.2 Å². The van der Waals surface area contributed by atoms with E-state index >= 15 is 0 Å². The third kappa shape index (κ3) is 7.38. The average Bonchev–Trinajstić information content (AvgIpc) is 3.55. The van der Waals surface area contributed by atoms with Crippen LogP contribution in [0.1, 0.15) is 53.7 Å². The number of carbonyl (C=O) groups is 1. The first kappa shape index (κ1) is 32.7. The molecule has 0 radical (unpaired) electrons. The predicted octanol–water partition coefficient (Wildman–Crippen LogP) is 6.91. The van der Waals surface area contributed by atoms with Gasteiger partial charge in [0.2, 0.25) is 5.95 Å². The number of benzene rings is 3. The zero-order chi connectivity index (χ0) is 31.5. The summed E-state index contributed by atoms with van der Waals surface area (Å²) >= 11 is 6.39. The highest BCUT2D eigenvalue weighted by Crippen LogP contribution is 2.34. The van der Waals surface area contributed by atoms with Crippen LogP contribution in [0, 0.1) is 5.82 Å². The number of nitrogens with zero attached hydrogens (tertiary/aromatic N) is 6. The van der Waals surface area contributed by atoms with Crippen LogP contribution in [0.4, 0.5) is 16.0 Å². The van der Waals surface area contributed by atoms with Crippen LogP contribution in [-0.4, -0.2) is 88.6 Å². The summed E-state index contributed by atoms with van der Waals surface area (Å²) in [5.74, 6) is 0.124. The van der Waals surface area contributed by atoms with Gasteiger partial charge >= 0.3 is 0 Å². The van der Waals surface area contributed by atoms with Gasteiger partial charge in [0.15, 0.2) is 0 Å². The number of hydrogen-bond donors (Lipinski definition) is 1. The van der Waals surface area contributed by atoms with Gasteiger partial charge in [0.05, 0.1) is 18.0 Å². The molecule has 0 saturated carbocycles. The molecular weight excluding hydrogens is 613 g/mol. The van der Waals surface area contributed by atoms with Gasteiger partial charge in [-0.3, -0.25) is 14.7 Å². The minimum Gasteiger partial charge on any atom is -0.336 e. The summed E-state index contributed by atoms with van der Waals surface area (Å²) in [6.07, 6.45) is 5.61. The van der Waals surface area contributed by atoms with Crippen LogP contribution in [0.15, 0.2) is 77.9 Å². The molecule has 8 nitrogen and oxygen atoms in total. The monoisotopic (exact) mass is 653 g/mol. The van der Waals surface area contributed by atoms with E-state index in [1.165, 1.54) is 45.0 Å². The molecule has 3 aliphatic rings. The van der Waals surface area contributed by atoms with E-state index in [4.69, 9.17) is 21.6 Å². The summed E-state index contributed by atoms with van der Waals surface area (Å²) in [4.78, 5) is 34.4. The van der Waals surface area contributed by atoms with Gasteiger partial charge in [0.25, 0.3) is 5.91 Å². The summed E-state index contributed by atoms with van der Waals surface area (Å²) in [5.41, 5.74) is 5.43. The lowest BCUT2D eigenvalue weighted by molar-refractivity contribution is 0.0633. The highest BCUT2D eigenvalue weighted by atomic mass is 35.5. The molecule has 1 N–H and O–H groups in total. The molecule has 0 atom stereocenters. The maximum atomic E-state index is 14.8. The minimum atomic E-state index is -0.348. The van der Waals surface area contributed by atoms with Crippen LogP contribution in [0.5, 0.6) is 0 Å². The van der Waals surface area contributed by atoms with Crippen LogP contribution in [0.2, 0.25) is 5.02 Å². The number of amides is 1. The van der Waals surface area contributed by atoms with Crippen molar-refractivity contribution >= 4 is 34.9 Å². The molecule has 2 fully saturated rings. The molecule has 4 heterocycles. The van der Waals surface area contributed by atoms with Gasteiger partial charge in [-0.25, -0.2) is 14.4 Å². The Kier molecular flexibility index (Phi) is 10.3. The second kappa shape index (κ2) is 14.7. The van der Waals surface area contributed by atoms with Crippen LogP contribution in [0.25, 0.3) is 11.3 Å². The SMILES string of the molecule is C.O=C(c1ccc(Nc2ncc3c(n2)-c2ccc(Cl)cc2C(c2ccccc2F)=NC3)cc1)N1CCN(CCCN2CCCC2)CC1. The van der Waals surface area contributed by atoms with Crippen molar-refractivity contribution in [2.24, 2.45) is 4.99 Å². The van der Waals surface area contributed by atoms with E-state index in [1.807, 2.05) is 35.2 Å². The van der Waals surface area contributed by atoms with E-state index < -0.39 is 0 Å². The summed E-state index contributed by atoms with van der Waals surface area (Å²) in [6.45, 7) is 8.42. The van der Waals surface area contributed by atoms with Gasteiger partial charge in [-0.2, -0.15) is 0 Å². The number of aromatic nitrogens is 2. The fourth-order valence-corrected chi connectivity index (χ4v) is 6.75. The summed E-state index contributed by atoms with van der Waals surface area (Å²) in [6, 6.07) is 19.6. The van der Waals surface area contributed by atoms with E-state index in [2.05, 4.69) is 20.1 Å². The van der Waals surface area contributed by atoms with Crippen molar-refractivity contribution in [2.75, 3.05) is 57.7 Å². The predicted molar refractivity (Wildman–Crippen MR) is 187 cm³/mol. The topological polar surface area (TPSA) is 77.0 Å². The Hall–Kier alpha value is -4.18. The summed E-state index contributed by atoms with van der Waals surface area (Å²) in [5, 5.41) is 3.81. The van der Waals surface area contributed by atoms with E-state index in [9.17, 15) is 9.18 Å². The molecule has 7 rings (SSSR count). The molecule has 0 unspecified atom stereocenters. The number of piperazine rings is 1. The van der Waals surface area contributed by atoms with Crippen molar-refractivity contribution < 1.29 is 9.18 Å². The molecule has 1 aromatic heterocycles. The number of aliphatic imine (C=N–C) groups is 1. The third-order valence-corrected chi connectivity index (χ3v) is 9.32. The van der Waals surface area contributed by atoms with Gasteiger partial charge in [-0.15, -0.1) is 0 Å². The lowest BCUT2D eigenvalue weighted by atomic mass is 9.95. The van der Waals surface area contributed by atoms with E-state index in [1.54, 1.807) is 36.5 Å². The fourth-order valence-electron chi connectivity index (χ4n) is 6.57. The fraction of sp³-hybridized carbons (Fsp3) is 0.351. The number of rotatable bonds is 8. The Balaban J connectivity index is 0.00000386. The molecule has 10 heteroatoms. The lowest BCUT2D eigenvalue weighted by Crippen LogP contribution is -2.49. The number of hydrogen-bond acceptors (Lipinski definition) is 7. The number of likely N-dealkylation sites (tertiary alicyclic amines) is 1. The van der Waals surface area contributed by atoms with Crippen LogP contribution < -0.4 is 5.32 Å². The number of anilines is 2. The standard InChI is InChI=1S/C36H37ClFN7O.CH4/c37-27-10-13-29-31(22-27)34(30-6-1-2-7-32(30)38)39-23-26-24-40-36(42-33(26)29)41-28-11-8-25(9-12-28)35(46)45-20-18-44(19-21-45)17-5-16-43-14-3-4-15-43;/h1-2,6-13,22,24H,3-5,14-21,23H2,(H,40,41,42);1H4. The second-order valence-corrected chi connectivity index (χ2v) is 12.6. The van der Waals surface area contributed by atoms with E-state index in [-0.39, 0.29) is 19.2 Å². The molecule has 3 aliphatic heterocycles. The van der Waals surface area contributed by atoms with Crippen molar-refractivity contribution in [3.8, 4) is 11.3 Å². The first-order valence-electron chi connectivity index (χ1n) is 16.1. The molecule has 0 bridgehead atoms. The number of carbonyl (C=O) groups excluding carboxylic acids is 1. The second-order valence-electron chi connectivity index (χ2n) is 12.1. The molecule has 0 spiro atoms. The van der Waals surface area contributed by atoms with E-state index in [0.29, 0.717) is 45.6 Å².